The van der Waals surface area contributed by atoms with Gasteiger partial charge in [0.15, 0.2) is 17.5 Å². The Morgan fingerprint density at radius 1 is 0.321 bits per heavy atom. The molecule has 2 heterocycles. The van der Waals surface area contributed by atoms with E-state index in [4.69, 9.17) is 19.4 Å². The molecule has 0 N–H and O–H groups in total. The fourth-order valence-corrected chi connectivity index (χ4v) is 9.46. The number of fused-ring (bicyclic) bond motifs is 15. The first-order valence-electron chi connectivity index (χ1n) is 19.0. The predicted octanol–water partition coefficient (Wildman–Crippen LogP) is 12.8. The molecule has 0 aliphatic heterocycles. The highest BCUT2D eigenvalue weighted by Gasteiger charge is 2.49. The van der Waals surface area contributed by atoms with Crippen molar-refractivity contribution in [3.8, 4) is 67.5 Å². The number of hydrogen-bond acceptors (Lipinski definition) is 4. The van der Waals surface area contributed by atoms with Crippen LogP contribution in [0.3, 0.4) is 0 Å². The van der Waals surface area contributed by atoms with Gasteiger partial charge in [0.05, 0.1) is 11.0 Å². The molecule has 0 unspecified atom stereocenters. The lowest BCUT2D eigenvalue weighted by atomic mass is 9.66. The van der Waals surface area contributed by atoms with E-state index in [1.165, 1.54) is 55.6 Å². The molecule has 8 aromatic carbocycles. The van der Waals surface area contributed by atoms with Crippen LogP contribution in [0.15, 0.2) is 192 Å². The minimum atomic E-state index is -0.549. The Kier molecular flexibility index (Phi) is 6.52. The number of furan rings is 1. The molecule has 0 saturated carbocycles. The molecule has 56 heavy (non-hydrogen) atoms. The normalized spacial score (nSPS) is 13.1. The molecule has 10 aromatic rings. The maximum Gasteiger partial charge on any atom is 0.167 e. The van der Waals surface area contributed by atoms with Gasteiger partial charge in [-0.1, -0.05) is 170 Å². The number of para-hydroxylation sites is 2. The number of benzene rings is 8. The molecule has 0 radical (unpaired) electrons. The fourth-order valence-electron chi connectivity index (χ4n) is 9.46. The van der Waals surface area contributed by atoms with Crippen molar-refractivity contribution in [2.75, 3.05) is 0 Å². The molecule has 12 rings (SSSR count). The van der Waals surface area contributed by atoms with Gasteiger partial charge in [0.2, 0.25) is 0 Å². The molecule has 4 nitrogen and oxygen atoms in total. The van der Waals surface area contributed by atoms with Gasteiger partial charge in [-0.05, 0) is 73.8 Å². The van der Waals surface area contributed by atoms with Crippen LogP contribution < -0.4 is 0 Å². The van der Waals surface area contributed by atoms with Crippen LogP contribution in [-0.4, -0.2) is 15.0 Å². The van der Waals surface area contributed by atoms with Crippen molar-refractivity contribution in [1.29, 1.82) is 0 Å². The summed E-state index contributed by atoms with van der Waals surface area (Å²) in [6.07, 6.45) is 0. The third kappa shape index (κ3) is 4.27. The highest BCUT2D eigenvalue weighted by molar-refractivity contribution is 6.09. The molecule has 0 fully saturated rings. The molecule has 4 heteroatoms. The van der Waals surface area contributed by atoms with Crippen LogP contribution in [0.5, 0.6) is 0 Å². The lowest BCUT2D eigenvalue weighted by Gasteiger charge is -2.35. The van der Waals surface area contributed by atoms with E-state index >= 15 is 0 Å². The third-order valence-corrected chi connectivity index (χ3v) is 11.8. The SMILES string of the molecule is c1ccc(-c2nc(-c3ccc4c(c3)-c3ccccc3C43c4ccccc4-c4ccccc4-c4ccccc43)nc(-c3cccc4c3oc3ccccc34)n2)cc1. The van der Waals surface area contributed by atoms with E-state index in [2.05, 4.69) is 133 Å². The van der Waals surface area contributed by atoms with E-state index in [1.54, 1.807) is 0 Å². The van der Waals surface area contributed by atoms with Crippen LogP contribution in [0.25, 0.3) is 89.5 Å². The average molecular weight is 714 g/mol. The summed E-state index contributed by atoms with van der Waals surface area (Å²) in [5, 5.41) is 2.10. The van der Waals surface area contributed by atoms with Crippen LogP contribution in [0, 0.1) is 0 Å². The third-order valence-electron chi connectivity index (χ3n) is 11.8. The Balaban J connectivity index is 1.12. The van der Waals surface area contributed by atoms with E-state index in [-0.39, 0.29) is 0 Å². The first-order valence-corrected chi connectivity index (χ1v) is 19.0. The van der Waals surface area contributed by atoms with Crippen LogP contribution in [0.1, 0.15) is 22.3 Å². The van der Waals surface area contributed by atoms with Gasteiger partial charge < -0.3 is 4.42 Å². The van der Waals surface area contributed by atoms with Crippen molar-refractivity contribution in [2.45, 2.75) is 5.41 Å². The lowest BCUT2D eigenvalue weighted by Crippen LogP contribution is -2.29. The Morgan fingerprint density at radius 2 is 0.804 bits per heavy atom. The van der Waals surface area contributed by atoms with Crippen LogP contribution in [0.4, 0.5) is 0 Å². The summed E-state index contributed by atoms with van der Waals surface area (Å²) in [4.78, 5) is 15.5. The predicted molar refractivity (Wildman–Crippen MR) is 225 cm³/mol. The number of rotatable bonds is 3. The van der Waals surface area contributed by atoms with E-state index in [9.17, 15) is 0 Å². The number of hydrogen-bond donors (Lipinski definition) is 0. The number of aromatic nitrogens is 3. The lowest BCUT2D eigenvalue weighted by molar-refractivity contribution is 0.669. The first kappa shape index (κ1) is 31.0. The summed E-state index contributed by atoms with van der Waals surface area (Å²) in [6.45, 7) is 0. The maximum atomic E-state index is 6.48. The average Bonchev–Trinajstić information content (AvgIpc) is 3.77. The molecule has 0 saturated heterocycles. The van der Waals surface area contributed by atoms with Gasteiger partial charge in [0.25, 0.3) is 0 Å². The molecule has 2 aliphatic carbocycles. The van der Waals surface area contributed by atoms with Gasteiger partial charge in [-0.15, -0.1) is 0 Å². The van der Waals surface area contributed by atoms with Crippen molar-refractivity contribution in [3.63, 3.8) is 0 Å². The largest absolute Gasteiger partial charge is 0.455 e. The molecule has 2 aliphatic rings. The molecular formula is C52H31N3O. The maximum absolute atomic E-state index is 6.48. The Bertz CT molecular complexity index is 3150. The Hall–Kier alpha value is -7.43. The van der Waals surface area contributed by atoms with E-state index in [0.29, 0.717) is 17.5 Å². The second kappa shape index (κ2) is 11.8. The topological polar surface area (TPSA) is 51.8 Å². The van der Waals surface area contributed by atoms with Gasteiger partial charge in [0.1, 0.15) is 11.2 Å². The zero-order valence-electron chi connectivity index (χ0n) is 30.1. The molecule has 0 amide bonds. The minimum absolute atomic E-state index is 0.549. The van der Waals surface area contributed by atoms with Gasteiger partial charge in [0, 0.05) is 21.9 Å². The van der Waals surface area contributed by atoms with Gasteiger partial charge in [-0.25, -0.2) is 15.0 Å². The van der Waals surface area contributed by atoms with E-state index in [0.717, 1.165) is 38.6 Å². The molecule has 1 spiro atoms. The quantitative estimate of drug-likeness (QED) is 0.183. The fraction of sp³-hybridized carbons (Fsp3) is 0.0192. The highest BCUT2D eigenvalue weighted by atomic mass is 16.3. The molecule has 0 atom stereocenters. The second-order valence-corrected chi connectivity index (χ2v) is 14.6. The van der Waals surface area contributed by atoms with E-state index < -0.39 is 5.41 Å². The minimum Gasteiger partial charge on any atom is -0.455 e. The zero-order valence-corrected chi connectivity index (χ0v) is 30.1. The highest BCUT2D eigenvalue weighted by Crippen LogP contribution is 2.61. The summed E-state index contributed by atoms with van der Waals surface area (Å²) in [6, 6.07) is 67.0. The van der Waals surface area contributed by atoms with Gasteiger partial charge >= 0.3 is 0 Å². The van der Waals surface area contributed by atoms with Gasteiger partial charge in [-0.3, -0.25) is 0 Å². The smallest absolute Gasteiger partial charge is 0.167 e. The molecular weight excluding hydrogens is 683 g/mol. The Morgan fingerprint density at radius 3 is 1.48 bits per heavy atom. The molecule has 2 aromatic heterocycles. The van der Waals surface area contributed by atoms with Crippen molar-refractivity contribution < 1.29 is 4.42 Å². The van der Waals surface area contributed by atoms with Gasteiger partial charge in [-0.2, -0.15) is 0 Å². The number of nitrogens with zero attached hydrogens (tertiary/aromatic N) is 3. The van der Waals surface area contributed by atoms with Crippen LogP contribution in [0.2, 0.25) is 0 Å². The summed E-state index contributed by atoms with van der Waals surface area (Å²) < 4.78 is 6.48. The van der Waals surface area contributed by atoms with Crippen LogP contribution in [-0.2, 0) is 5.41 Å². The van der Waals surface area contributed by atoms with Crippen molar-refractivity contribution in [3.05, 3.63) is 210 Å². The van der Waals surface area contributed by atoms with Crippen molar-refractivity contribution >= 4 is 21.9 Å². The summed E-state index contributed by atoms with van der Waals surface area (Å²) >= 11 is 0. The summed E-state index contributed by atoms with van der Waals surface area (Å²) in [5.74, 6) is 1.79. The Labute approximate surface area is 323 Å². The van der Waals surface area contributed by atoms with Crippen molar-refractivity contribution in [1.82, 2.24) is 15.0 Å². The second-order valence-electron chi connectivity index (χ2n) is 14.6. The summed E-state index contributed by atoms with van der Waals surface area (Å²) in [5.41, 5.74) is 16.2. The molecule has 260 valence electrons. The zero-order chi connectivity index (χ0) is 36.8. The van der Waals surface area contributed by atoms with Crippen molar-refractivity contribution in [2.24, 2.45) is 0 Å². The van der Waals surface area contributed by atoms with Crippen LogP contribution >= 0.6 is 0 Å². The monoisotopic (exact) mass is 713 g/mol. The molecule has 0 bridgehead atoms. The van der Waals surface area contributed by atoms with E-state index in [1.807, 2.05) is 54.6 Å². The first-order chi connectivity index (χ1) is 27.8. The summed E-state index contributed by atoms with van der Waals surface area (Å²) in [7, 11) is 0. The standard InChI is InChI=1S/C52H31N3O/c1-2-15-32(16-3-1)49-53-50(55-51(54-49)41-24-14-23-40-39-22-9-13-28-47(39)56-48(40)41)33-29-30-46-42(31-33)38-21-8-12-27-45(38)52(46)43-25-10-6-19-36(43)34-17-4-5-18-35(34)37-20-7-11-26-44(37)52/h1-31H.